The van der Waals surface area contributed by atoms with Crippen LogP contribution in [-0.4, -0.2) is 43.3 Å². The van der Waals surface area contributed by atoms with Gasteiger partial charge >= 0.3 is 0 Å². The number of halogens is 1. The summed E-state index contributed by atoms with van der Waals surface area (Å²) in [6, 6.07) is 16.4. The quantitative estimate of drug-likeness (QED) is 0.686. The molecule has 5 nitrogen and oxygen atoms in total. The molecular weight excluding hydrogens is 345 g/mol. The molecule has 0 atom stereocenters. The van der Waals surface area contributed by atoms with E-state index in [-0.39, 0.29) is 5.82 Å². The summed E-state index contributed by atoms with van der Waals surface area (Å²) in [5, 5.41) is 4.20. The number of para-hydroxylation sites is 1. The van der Waals surface area contributed by atoms with Gasteiger partial charge in [-0.2, -0.15) is 0 Å². The number of aromatic nitrogens is 1. The van der Waals surface area contributed by atoms with Crippen molar-refractivity contribution in [3.8, 4) is 17.0 Å². The van der Waals surface area contributed by atoms with Crippen molar-refractivity contribution >= 4 is 5.69 Å². The van der Waals surface area contributed by atoms with E-state index in [0.717, 1.165) is 61.2 Å². The number of benzene rings is 2. The Bertz CT molecular complexity index is 886. The van der Waals surface area contributed by atoms with Crippen LogP contribution in [0.4, 0.5) is 10.1 Å². The molecule has 0 saturated carbocycles. The van der Waals surface area contributed by atoms with Crippen LogP contribution in [0.25, 0.3) is 11.3 Å². The lowest BCUT2D eigenvalue weighted by Gasteiger charge is -2.35. The van der Waals surface area contributed by atoms with Gasteiger partial charge in [-0.05, 0) is 36.4 Å². The predicted octanol–water partition coefficient (Wildman–Crippen LogP) is 3.81. The Kier molecular flexibility index (Phi) is 5.07. The zero-order valence-electron chi connectivity index (χ0n) is 15.3. The highest BCUT2D eigenvalue weighted by Gasteiger charge is 2.19. The molecule has 0 N–H and O–H groups in total. The second kappa shape index (κ2) is 7.80. The summed E-state index contributed by atoms with van der Waals surface area (Å²) in [4.78, 5) is 4.61. The first-order chi connectivity index (χ1) is 13.2. The zero-order chi connectivity index (χ0) is 18.6. The molecule has 4 rings (SSSR count). The van der Waals surface area contributed by atoms with Crippen LogP contribution in [-0.2, 0) is 6.54 Å². The SMILES string of the molecule is COc1ccccc1-c1cc(CN2CCN(c3ccc(F)cc3)CC2)on1. The second-order valence-corrected chi connectivity index (χ2v) is 6.62. The van der Waals surface area contributed by atoms with Gasteiger partial charge < -0.3 is 14.2 Å². The summed E-state index contributed by atoms with van der Waals surface area (Å²) in [6.45, 7) is 4.36. The van der Waals surface area contributed by atoms with Gasteiger partial charge in [0.05, 0.1) is 13.7 Å². The van der Waals surface area contributed by atoms with E-state index < -0.39 is 0 Å². The topological polar surface area (TPSA) is 41.7 Å². The van der Waals surface area contributed by atoms with Crippen LogP contribution in [0.1, 0.15) is 5.76 Å². The summed E-state index contributed by atoms with van der Waals surface area (Å²) < 4.78 is 24.0. The Hall–Kier alpha value is -2.86. The first kappa shape index (κ1) is 17.5. The first-order valence-electron chi connectivity index (χ1n) is 9.05. The summed E-state index contributed by atoms with van der Waals surface area (Å²) >= 11 is 0. The fourth-order valence-electron chi connectivity index (χ4n) is 3.41. The van der Waals surface area contributed by atoms with Gasteiger partial charge in [-0.15, -0.1) is 0 Å². The van der Waals surface area contributed by atoms with Crippen molar-refractivity contribution in [3.05, 3.63) is 66.2 Å². The molecule has 0 bridgehead atoms. The first-order valence-corrected chi connectivity index (χ1v) is 9.05. The summed E-state index contributed by atoms with van der Waals surface area (Å²) in [5.41, 5.74) is 2.78. The summed E-state index contributed by atoms with van der Waals surface area (Å²) in [6.07, 6.45) is 0. The minimum atomic E-state index is -0.200. The fourth-order valence-corrected chi connectivity index (χ4v) is 3.41. The van der Waals surface area contributed by atoms with Gasteiger partial charge in [0.15, 0.2) is 5.76 Å². The smallest absolute Gasteiger partial charge is 0.151 e. The third kappa shape index (κ3) is 3.95. The highest BCUT2D eigenvalue weighted by molar-refractivity contribution is 5.66. The summed E-state index contributed by atoms with van der Waals surface area (Å²) in [5.74, 6) is 1.42. The normalized spacial score (nSPS) is 15.1. The lowest BCUT2D eigenvalue weighted by Crippen LogP contribution is -2.45. The van der Waals surface area contributed by atoms with Crippen molar-refractivity contribution in [3.63, 3.8) is 0 Å². The number of anilines is 1. The van der Waals surface area contributed by atoms with Crippen molar-refractivity contribution in [2.24, 2.45) is 0 Å². The minimum absolute atomic E-state index is 0.200. The van der Waals surface area contributed by atoms with Crippen molar-refractivity contribution in [2.45, 2.75) is 6.54 Å². The predicted molar refractivity (Wildman–Crippen MR) is 102 cm³/mol. The molecule has 1 aromatic heterocycles. The van der Waals surface area contributed by atoms with E-state index in [1.54, 1.807) is 7.11 Å². The lowest BCUT2D eigenvalue weighted by molar-refractivity contribution is 0.220. The highest BCUT2D eigenvalue weighted by atomic mass is 19.1. The van der Waals surface area contributed by atoms with Crippen molar-refractivity contribution in [1.82, 2.24) is 10.1 Å². The van der Waals surface area contributed by atoms with Crippen molar-refractivity contribution < 1.29 is 13.7 Å². The highest BCUT2D eigenvalue weighted by Crippen LogP contribution is 2.29. The molecule has 1 aliphatic heterocycles. The van der Waals surface area contributed by atoms with E-state index in [9.17, 15) is 4.39 Å². The van der Waals surface area contributed by atoms with Crippen LogP contribution in [0.3, 0.4) is 0 Å². The maximum atomic E-state index is 13.1. The van der Waals surface area contributed by atoms with E-state index in [1.165, 1.54) is 12.1 Å². The van der Waals surface area contributed by atoms with Gasteiger partial charge in [0, 0.05) is 43.5 Å². The van der Waals surface area contributed by atoms with Gasteiger partial charge in [0.2, 0.25) is 0 Å². The number of nitrogens with zero attached hydrogens (tertiary/aromatic N) is 3. The molecule has 2 aromatic carbocycles. The third-order valence-corrected chi connectivity index (χ3v) is 4.89. The molecule has 27 heavy (non-hydrogen) atoms. The third-order valence-electron chi connectivity index (χ3n) is 4.89. The molecule has 1 fully saturated rings. The molecular formula is C21H22FN3O2. The van der Waals surface area contributed by atoms with Gasteiger partial charge in [0.1, 0.15) is 17.3 Å². The molecule has 0 amide bonds. The Morgan fingerprint density at radius 2 is 1.78 bits per heavy atom. The van der Waals surface area contributed by atoms with E-state index in [2.05, 4.69) is 15.0 Å². The molecule has 3 aromatic rings. The van der Waals surface area contributed by atoms with Crippen molar-refractivity contribution in [1.29, 1.82) is 0 Å². The Morgan fingerprint density at radius 3 is 2.52 bits per heavy atom. The fraction of sp³-hybridized carbons (Fsp3) is 0.286. The number of hydrogen-bond donors (Lipinski definition) is 0. The maximum Gasteiger partial charge on any atom is 0.151 e. The molecule has 1 saturated heterocycles. The number of methoxy groups -OCH3 is 1. The van der Waals surface area contributed by atoms with Crippen LogP contribution in [0, 0.1) is 5.82 Å². The second-order valence-electron chi connectivity index (χ2n) is 6.62. The van der Waals surface area contributed by atoms with E-state index in [4.69, 9.17) is 9.26 Å². The largest absolute Gasteiger partial charge is 0.496 e. The number of ether oxygens (including phenoxy) is 1. The van der Waals surface area contributed by atoms with Gasteiger partial charge in [0.25, 0.3) is 0 Å². The maximum absolute atomic E-state index is 13.1. The molecule has 0 aliphatic carbocycles. The minimum Gasteiger partial charge on any atom is -0.496 e. The molecule has 0 radical (unpaired) electrons. The van der Waals surface area contributed by atoms with Crippen LogP contribution in [0.15, 0.2) is 59.1 Å². The van der Waals surface area contributed by atoms with Crippen LogP contribution in [0.5, 0.6) is 5.75 Å². The molecule has 6 heteroatoms. The van der Waals surface area contributed by atoms with E-state index >= 15 is 0 Å². The van der Waals surface area contributed by atoms with Crippen LogP contribution in [0.2, 0.25) is 0 Å². The number of hydrogen-bond acceptors (Lipinski definition) is 5. The standard InChI is InChI=1S/C21H22FN3O2/c1-26-21-5-3-2-4-19(21)20-14-18(27-23-20)15-24-10-12-25(13-11-24)17-8-6-16(22)7-9-17/h2-9,14H,10-13,15H2,1H3. The molecule has 140 valence electrons. The number of piperazine rings is 1. The van der Waals surface area contributed by atoms with Crippen LogP contribution >= 0.6 is 0 Å². The Balaban J connectivity index is 1.37. The average Bonchev–Trinajstić information content (AvgIpc) is 3.17. The Morgan fingerprint density at radius 1 is 1.04 bits per heavy atom. The molecule has 2 heterocycles. The van der Waals surface area contributed by atoms with Crippen LogP contribution < -0.4 is 9.64 Å². The lowest BCUT2D eigenvalue weighted by atomic mass is 10.1. The van der Waals surface area contributed by atoms with E-state index in [1.807, 2.05) is 42.5 Å². The summed E-state index contributed by atoms with van der Waals surface area (Å²) in [7, 11) is 1.65. The average molecular weight is 367 g/mol. The van der Waals surface area contributed by atoms with Crippen molar-refractivity contribution in [2.75, 3.05) is 38.2 Å². The molecule has 0 unspecified atom stereocenters. The number of rotatable bonds is 5. The Labute approximate surface area is 157 Å². The molecule has 0 spiro atoms. The zero-order valence-corrected chi connectivity index (χ0v) is 15.3. The van der Waals surface area contributed by atoms with Gasteiger partial charge in [-0.25, -0.2) is 4.39 Å². The molecule has 1 aliphatic rings. The van der Waals surface area contributed by atoms with Gasteiger partial charge in [-0.3, -0.25) is 4.90 Å². The van der Waals surface area contributed by atoms with Gasteiger partial charge in [-0.1, -0.05) is 17.3 Å². The van der Waals surface area contributed by atoms with E-state index in [0.29, 0.717) is 0 Å². The monoisotopic (exact) mass is 367 g/mol.